The minimum absolute atomic E-state index is 0.370. The van der Waals surface area contributed by atoms with Gasteiger partial charge in [-0.2, -0.15) is 0 Å². The zero-order valence-electron chi connectivity index (χ0n) is 12.3. The number of aryl methyl sites for hydroxylation is 3. The van der Waals surface area contributed by atoms with Gasteiger partial charge in [0.1, 0.15) is 5.82 Å². The maximum Gasteiger partial charge on any atom is 0.252 e. The van der Waals surface area contributed by atoms with Gasteiger partial charge >= 0.3 is 0 Å². The fourth-order valence-corrected chi connectivity index (χ4v) is 3.30. The Balaban J connectivity index is 2.06. The molecule has 4 rings (SSSR count). The number of amides is 1. The van der Waals surface area contributed by atoms with Crippen molar-refractivity contribution in [3.63, 3.8) is 0 Å². The third kappa shape index (κ3) is 1.82. The second-order valence-corrected chi connectivity index (χ2v) is 5.70. The molecular weight excluding hydrogens is 276 g/mol. The minimum atomic E-state index is -0.498. The van der Waals surface area contributed by atoms with Gasteiger partial charge < -0.3 is 10.3 Å². The average molecular weight is 292 g/mol. The molecule has 110 valence electrons. The molecule has 0 fully saturated rings. The quantitative estimate of drug-likeness (QED) is 0.788. The summed E-state index contributed by atoms with van der Waals surface area (Å²) in [6.07, 6.45) is 5.83. The molecule has 1 aliphatic rings. The lowest BCUT2D eigenvalue weighted by atomic mass is 10.0. The maximum atomic E-state index is 11.7. The fraction of sp³-hybridized carbons (Fsp3) is 0.235. The predicted octanol–water partition coefficient (Wildman–Crippen LogP) is 2.45. The summed E-state index contributed by atoms with van der Waals surface area (Å²) in [4.78, 5) is 20.3. The first-order valence-electron chi connectivity index (χ1n) is 7.39. The Kier molecular flexibility index (Phi) is 2.76. The van der Waals surface area contributed by atoms with Crippen molar-refractivity contribution < 1.29 is 4.79 Å². The number of aromatic nitrogens is 3. The Labute approximate surface area is 127 Å². The number of nitrogens with two attached hydrogens (primary N) is 1. The zero-order valence-corrected chi connectivity index (χ0v) is 12.3. The minimum Gasteiger partial charge on any atom is -0.365 e. The first-order chi connectivity index (χ1) is 10.6. The number of para-hydroxylation sites is 1. The molecule has 0 unspecified atom stereocenters. The Bertz CT molecular complexity index is 910. The van der Waals surface area contributed by atoms with Crippen molar-refractivity contribution in [1.29, 1.82) is 0 Å². The van der Waals surface area contributed by atoms with Gasteiger partial charge in [0, 0.05) is 29.9 Å². The molecular formula is C17H16N4O. The van der Waals surface area contributed by atoms with E-state index in [-0.39, 0.29) is 0 Å². The lowest BCUT2D eigenvalue weighted by Gasteiger charge is -2.14. The van der Waals surface area contributed by atoms with E-state index >= 15 is 0 Å². The number of hydrogen-bond acceptors (Lipinski definition) is 3. The molecule has 1 aliphatic heterocycles. The molecule has 3 aromatic rings. The highest BCUT2D eigenvalue weighted by Gasteiger charge is 2.21. The molecule has 0 radical (unpaired) electrons. The lowest BCUT2D eigenvalue weighted by Crippen LogP contribution is -2.14. The first kappa shape index (κ1) is 13.0. The van der Waals surface area contributed by atoms with E-state index in [9.17, 15) is 4.79 Å². The van der Waals surface area contributed by atoms with Crippen LogP contribution in [0.4, 0.5) is 0 Å². The summed E-state index contributed by atoms with van der Waals surface area (Å²) >= 11 is 0. The molecule has 0 bridgehead atoms. The molecule has 0 spiro atoms. The number of benzene rings is 1. The van der Waals surface area contributed by atoms with Crippen LogP contribution in [0, 0.1) is 6.92 Å². The van der Waals surface area contributed by atoms with Gasteiger partial charge in [-0.15, -0.1) is 0 Å². The van der Waals surface area contributed by atoms with Gasteiger partial charge in [0.25, 0.3) is 5.91 Å². The van der Waals surface area contributed by atoms with Crippen LogP contribution in [0.1, 0.15) is 28.2 Å². The smallest absolute Gasteiger partial charge is 0.252 e. The van der Waals surface area contributed by atoms with Gasteiger partial charge in [-0.25, -0.2) is 9.97 Å². The molecule has 3 heterocycles. The van der Waals surface area contributed by atoms with E-state index in [2.05, 4.69) is 38.9 Å². The Morgan fingerprint density at radius 2 is 2.23 bits per heavy atom. The Morgan fingerprint density at radius 3 is 3.05 bits per heavy atom. The highest BCUT2D eigenvalue weighted by Crippen LogP contribution is 2.35. The first-order valence-corrected chi connectivity index (χ1v) is 7.39. The van der Waals surface area contributed by atoms with E-state index in [0.29, 0.717) is 17.1 Å². The fourth-order valence-electron chi connectivity index (χ4n) is 3.30. The van der Waals surface area contributed by atoms with Crippen molar-refractivity contribution >= 4 is 16.8 Å². The highest BCUT2D eigenvalue weighted by atomic mass is 16.1. The molecule has 0 aliphatic carbocycles. The van der Waals surface area contributed by atoms with E-state index in [4.69, 9.17) is 5.73 Å². The monoisotopic (exact) mass is 292 g/mol. The van der Waals surface area contributed by atoms with Gasteiger partial charge in [0.05, 0.1) is 16.8 Å². The van der Waals surface area contributed by atoms with Crippen molar-refractivity contribution in [3.8, 4) is 11.3 Å². The number of hydrogen-bond donors (Lipinski definition) is 1. The standard InChI is InChI=1S/C17H16N4O/c1-10-19-8-13(17(18)22)15(20-10)14-9-21-7-3-5-11-4-2-6-12(14)16(11)21/h2,4,6,8-9H,3,5,7H2,1H3,(H2,18,22). The zero-order chi connectivity index (χ0) is 15.3. The molecule has 1 aromatic carbocycles. The van der Waals surface area contributed by atoms with Gasteiger partial charge in [-0.05, 0) is 25.3 Å². The normalized spacial score (nSPS) is 13.5. The summed E-state index contributed by atoms with van der Waals surface area (Å²) in [5, 5.41) is 1.12. The van der Waals surface area contributed by atoms with Crippen LogP contribution in [0.5, 0.6) is 0 Å². The molecule has 1 amide bonds. The topological polar surface area (TPSA) is 73.8 Å². The predicted molar refractivity (Wildman–Crippen MR) is 84.5 cm³/mol. The molecule has 0 atom stereocenters. The highest BCUT2D eigenvalue weighted by molar-refractivity contribution is 6.04. The van der Waals surface area contributed by atoms with E-state index in [1.807, 2.05) is 6.92 Å². The van der Waals surface area contributed by atoms with Crippen molar-refractivity contribution in [1.82, 2.24) is 14.5 Å². The lowest BCUT2D eigenvalue weighted by molar-refractivity contribution is 0.100. The number of nitrogens with zero attached hydrogens (tertiary/aromatic N) is 3. The average Bonchev–Trinajstić information content (AvgIpc) is 2.88. The van der Waals surface area contributed by atoms with E-state index < -0.39 is 5.91 Å². The van der Waals surface area contributed by atoms with E-state index in [1.165, 1.54) is 17.3 Å². The van der Waals surface area contributed by atoms with E-state index in [0.717, 1.165) is 30.3 Å². The van der Waals surface area contributed by atoms with Crippen LogP contribution in [-0.4, -0.2) is 20.4 Å². The summed E-state index contributed by atoms with van der Waals surface area (Å²) in [5.74, 6) is 0.133. The van der Waals surface area contributed by atoms with Gasteiger partial charge in [-0.3, -0.25) is 4.79 Å². The van der Waals surface area contributed by atoms with E-state index in [1.54, 1.807) is 0 Å². The van der Waals surface area contributed by atoms with Crippen LogP contribution in [0.3, 0.4) is 0 Å². The Hall–Kier alpha value is -2.69. The van der Waals surface area contributed by atoms with Crippen LogP contribution in [-0.2, 0) is 13.0 Å². The number of carbonyl (C=O) groups is 1. The molecule has 2 N–H and O–H groups in total. The molecule has 0 saturated carbocycles. The largest absolute Gasteiger partial charge is 0.365 e. The van der Waals surface area contributed by atoms with Crippen LogP contribution < -0.4 is 5.73 Å². The van der Waals surface area contributed by atoms with Crippen LogP contribution >= 0.6 is 0 Å². The SMILES string of the molecule is Cc1ncc(C(N)=O)c(-c2cn3c4c(cccc24)CCC3)n1. The molecule has 5 nitrogen and oxygen atoms in total. The van der Waals surface area contributed by atoms with Crippen LogP contribution in [0.2, 0.25) is 0 Å². The van der Waals surface area contributed by atoms with Crippen molar-refractivity contribution in [2.75, 3.05) is 0 Å². The van der Waals surface area contributed by atoms with Gasteiger partial charge in [0.2, 0.25) is 0 Å². The number of rotatable bonds is 2. The van der Waals surface area contributed by atoms with Crippen LogP contribution in [0.15, 0.2) is 30.6 Å². The third-order valence-electron chi connectivity index (χ3n) is 4.26. The molecule has 0 saturated heterocycles. The summed E-state index contributed by atoms with van der Waals surface area (Å²) in [6, 6.07) is 6.31. The van der Waals surface area contributed by atoms with Crippen LogP contribution in [0.25, 0.3) is 22.2 Å². The second kappa shape index (κ2) is 4.66. The number of primary amides is 1. The Morgan fingerprint density at radius 1 is 1.36 bits per heavy atom. The summed E-state index contributed by atoms with van der Waals surface area (Å²) in [5.41, 5.74) is 10.1. The van der Waals surface area contributed by atoms with Crippen molar-refractivity contribution in [2.24, 2.45) is 5.73 Å². The molecule has 5 heteroatoms. The summed E-state index contributed by atoms with van der Waals surface area (Å²) in [7, 11) is 0. The maximum absolute atomic E-state index is 11.7. The molecule has 22 heavy (non-hydrogen) atoms. The second-order valence-electron chi connectivity index (χ2n) is 5.70. The third-order valence-corrected chi connectivity index (χ3v) is 4.26. The summed E-state index contributed by atoms with van der Waals surface area (Å²) in [6.45, 7) is 2.81. The number of carbonyl (C=O) groups excluding carboxylic acids is 1. The van der Waals surface area contributed by atoms with Gasteiger partial charge in [0.15, 0.2) is 0 Å². The van der Waals surface area contributed by atoms with Gasteiger partial charge in [-0.1, -0.05) is 18.2 Å². The molecule has 2 aromatic heterocycles. The summed E-state index contributed by atoms with van der Waals surface area (Å²) < 4.78 is 2.26. The van der Waals surface area contributed by atoms with Crippen molar-refractivity contribution in [3.05, 3.63) is 47.5 Å². The van der Waals surface area contributed by atoms with Crippen molar-refractivity contribution in [2.45, 2.75) is 26.3 Å².